The van der Waals surface area contributed by atoms with Crippen LogP contribution in [0, 0.1) is 0 Å². The molecule has 0 atom stereocenters. The average Bonchev–Trinajstić information content (AvgIpc) is 2.94. The number of sulfonamides is 1. The predicted octanol–water partition coefficient (Wildman–Crippen LogP) is -0.582. The lowest BCUT2D eigenvalue weighted by molar-refractivity contribution is -0.125. The first-order valence-electron chi connectivity index (χ1n) is 8.27. The van der Waals surface area contributed by atoms with Crippen molar-refractivity contribution in [3.63, 3.8) is 0 Å². The fraction of sp³-hybridized carbons (Fsp3) is 0.438. The number of piperidine rings is 1. The molecule has 0 saturated carbocycles. The molecule has 0 unspecified atom stereocenters. The number of benzene rings is 1. The fourth-order valence-corrected chi connectivity index (χ4v) is 4.20. The smallest absolute Gasteiger partial charge is 0.322 e. The topological polar surface area (TPSA) is 134 Å². The number of rotatable bonds is 4. The monoisotopic (exact) mass is 396 g/mol. The van der Waals surface area contributed by atoms with Crippen molar-refractivity contribution in [3.8, 4) is 5.75 Å². The first kappa shape index (κ1) is 19.1. The number of nitrogens with one attached hydrogen (secondary N) is 3. The summed E-state index contributed by atoms with van der Waals surface area (Å²) >= 11 is 0. The van der Waals surface area contributed by atoms with Gasteiger partial charge in [0.1, 0.15) is 16.2 Å². The fourth-order valence-electron chi connectivity index (χ4n) is 3.28. The van der Waals surface area contributed by atoms with Crippen molar-refractivity contribution in [2.24, 2.45) is 0 Å². The highest BCUT2D eigenvalue weighted by Crippen LogP contribution is 2.28. The molecule has 2 saturated heterocycles. The van der Waals surface area contributed by atoms with Crippen molar-refractivity contribution in [1.82, 2.24) is 20.3 Å². The molecule has 27 heavy (non-hydrogen) atoms. The van der Waals surface area contributed by atoms with E-state index in [4.69, 9.17) is 4.74 Å². The van der Waals surface area contributed by atoms with Crippen LogP contribution in [0.5, 0.6) is 5.75 Å². The van der Waals surface area contributed by atoms with Gasteiger partial charge in [0.15, 0.2) is 0 Å². The average molecular weight is 396 g/mol. The van der Waals surface area contributed by atoms with Crippen LogP contribution in [0.15, 0.2) is 23.1 Å². The lowest BCUT2D eigenvalue weighted by Gasteiger charge is -2.37. The molecule has 146 valence electrons. The third kappa shape index (κ3) is 3.35. The molecular weight excluding hydrogens is 376 g/mol. The minimum Gasteiger partial charge on any atom is -0.495 e. The maximum Gasteiger partial charge on any atom is 0.322 e. The van der Waals surface area contributed by atoms with Crippen LogP contribution in [-0.2, 0) is 14.8 Å². The van der Waals surface area contributed by atoms with Crippen LogP contribution in [0.2, 0.25) is 0 Å². The number of urea groups is 1. The number of likely N-dealkylation sites (tertiary alicyclic amines) is 1. The summed E-state index contributed by atoms with van der Waals surface area (Å²) in [5, 5.41) is 4.84. The molecule has 1 spiro atoms. The Balaban J connectivity index is 1.80. The van der Waals surface area contributed by atoms with E-state index >= 15 is 0 Å². The van der Waals surface area contributed by atoms with Gasteiger partial charge in [-0.2, -0.15) is 0 Å². The van der Waals surface area contributed by atoms with Crippen molar-refractivity contribution < 1.29 is 27.5 Å². The lowest BCUT2D eigenvalue weighted by Crippen LogP contribution is -2.55. The van der Waals surface area contributed by atoms with Crippen molar-refractivity contribution in [1.29, 1.82) is 0 Å². The van der Waals surface area contributed by atoms with Gasteiger partial charge in [-0.15, -0.1) is 0 Å². The second-order valence-corrected chi connectivity index (χ2v) is 8.21. The zero-order valence-electron chi connectivity index (χ0n) is 14.9. The van der Waals surface area contributed by atoms with Gasteiger partial charge in [-0.05, 0) is 38.1 Å². The van der Waals surface area contributed by atoms with Crippen molar-refractivity contribution in [2.45, 2.75) is 23.3 Å². The molecule has 3 rings (SSSR count). The number of carbonyl (C=O) groups excluding carboxylic acids is 3. The van der Waals surface area contributed by atoms with Gasteiger partial charge in [-0.3, -0.25) is 14.9 Å². The molecule has 0 aliphatic carbocycles. The molecule has 2 aliphatic rings. The SMILES string of the molecule is CNS(=O)(=O)c1cc(C(=O)N2CCC3(CC2)NC(=O)NC3=O)ccc1OC. The number of imide groups is 1. The summed E-state index contributed by atoms with van der Waals surface area (Å²) in [4.78, 5) is 37.6. The summed E-state index contributed by atoms with van der Waals surface area (Å²) in [6, 6.07) is 3.65. The van der Waals surface area contributed by atoms with E-state index in [9.17, 15) is 22.8 Å². The lowest BCUT2D eigenvalue weighted by atomic mass is 9.87. The molecule has 4 amide bonds. The van der Waals surface area contributed by atoms with Gasteiger partial charge in [0.25, 0.3) is 11.8 Å². The summed E-state index contributed by atoms with van der Waals surface area (Å²) in [5.74, 6) is -0.611. The van der Waals surface area contributed by atoms with Crippen LogP contribution in [0.3, 0.4) is 0 Å². The zero-order chi connectivity index (χ0) is 19.8. The van der Waals surface area contributed by atoms with Gasteiger partial charge in [0, 0.05) is 18.7 Å². The van der Waals surface area contributed by atoms with Crippen LogP contribution in [-0.4, -0.2) is 63.9 Å². The Labute approximate surface area is 156 Å². The maximum absolute atomic E-state index is 12.8. The first-order chi connectivity index (χ1) is 12.7. The summed E-state index contributed by atoms with van der Waals surface area (Å²) in [6.45, 7) is 0.513. The number of ether oxygens (including phenoxy) is 1. The third-order valence-corrected chi connectivity index (χ3v) is 6.32. The van der Waals surface area contributed by atoms with Crippen molar-refractivity contribution in [3.05, 3.63) is 23.8 Å². The molecule has 0 radical (unpaired) electrons. The van der Waals surface area contributed by atoms with E-state index in [1.807, 2.05) is 0 Å². The van der Waals surface area contributed by atoms with Gasteiger partial charge in [0.05, 0.1) is 7.11 Å². The van der Waals surface area contributed by atoms with Crippen LogP contribution >= 0.6 is 0 Å². The minimum absolute atomic E-state index is 0.129. The van der Waals surface area contributed by atoms with Crippen LogP contribution < -0.4 is 20.1 Å². The van der Waals surface area contributed by atoms with Gasteiger partial charge in [0.2, 0.25) is 10.0 Å². The number of carbonyl (C=O) groups is 3. The molecular formula is C16H20N4O6S. The highest BCUT2D eigenvalue weighted by molar-refractivity contribution is 7.89. The number of hydrogen-bond donors (Lipinski definition) is 3. The van der Waals surface area contributed by atoms with Gasteiger partial charge < -0.3 is 15.0 Å². The predicted molar refractivity (Wildman–Crippen MR) is 93.8 cm³/mol. The Kier molecular flexibility index (Phi) is 4.82. The van der Waals surface area contributed by atoms with E-state index in [1.165, 1.54) is 37.3 Å². The maximum atomic E-state index is 12.8. The molecule has 3 N–H and O–H groups in total. The molecule has 11 heteroatoms. The van der Waals surface area contributed by atoms with Gasteiger partial charge >= 0.3 is 6.03 Å². The second kappa shape index (κ2) is 6.82. The molecule has 0 bridgehead atoms. The van der Waals surface area contributed by atoms with E-state index in [2.05, 4.69) is 15.4 Å². The van der Waals surface area contributed by atoms with E-state index in [0.717, 1.165) is 0 Å². The Hall–Kier alpha value is -2.66. The first-order valence-corrected chi connectivity index (χ1v) is 9.75. The molecule has 0 aromatic heterocycles. The Morgan fingerprint density at radius 1 is 1.26 bits per heavy atom. The zero-order valence-corrected chi connectivity index (χ0v) is 15.7. The van der Waals surface area contributed by atoms with E-state index in [1.54, 1.807) is 0 Å². The molecule has 2 aliphatic heterocycles. The van der Waals surface area contributed by atoms with Crippen LogP contribution in [0.25, 0.3) is 0 Å². The standard InChI is InChI=1S/C16H20N4O6S/c1-17-27(24,25)12-9-10(3-4-11(12)26-2)13(21)20-7-5-16(6-8-20)14(22)18-15(23)19-16/h3-4,9,17H,5-8H2,1-2H3,(H2,18,19,22,23). The van der Waals surface area contributed by atoms with Crippen LogP contribution in [0.4, 0.5) is 4.79 Å². The normalized spacial score (nSPS) is 19.0. The number of nitrogens with zero attached hydrogens (tertiary/aromatic N) is 1. The third-order valence-electron chi connectivity index (χ3n) is 4.89. The summed E-state index contributed by atoms with van der Waals surface area (Å²) in [7, 11) is -1.19. The Bertz CT molecular complexity index is 905. The largest absolute Gasteiger partial charge is 0.495 e. The molecule has 1 aromatic carbocycles. The van der Waals surface area contributed by atoms with Crippen LogP contribution in [0.1, 0.15) is 23.2 Å². The van der Waals surface area contributed by atoms with E-state index in [-0.39, 0.29) is 54.0 Å². The van der Waals surface area contributed by atoms with Gasteiger partial charge in [-0.25, -0.2) is 17.9 Å². The highest BCUT2D eigenvalue weighted by Gasteiger charge is 2.48. The number of amides is 4. The molecule has 1 aromatic rings. The Morgan fingerprint density at radius 2 is 1.93 bits per heavy atom. The Morgan fingerprint density at radius 3 is 2.44 bits per heavy atom. The van der Waals surface area contributed by atoms with Gasteiger partial charge in [-0.1, -0.05) is 0 Å². The highest BCUT2D eigenvalue weighted by atomic mass is 32.2. The summed E-state index contributed by atoms with van der Waals surface area (Å²) in [5.41, 5.74) is -0.783. The molecule has 2 heterocycles. The minimum atomic E-state index is -3.81. The molecule has 2 fully saturated rings. The van der Waals surface area contributed by atoms with E-state index in [0.29, 0.717) is 0 Å². The van der Waals surface area contributed by atoms with Crippen molar-refractivity contribution in [2.75, 3.05) is 27.2 Å². The number of methoxy groups -OCH3 is 1. The molecule has 10 nitrogen and oxygen atoms in total. The summed E-state index contributed by atoms with van der Waals surface area (Å²) in [6.07, 6.45) is 0.572. The second-order valence-electron chi connectivity index (χ2n) is 6.36. The number of hydrogen-bond acceptors (Lipinski definition) is 6. The summed E-state index contributed by atoms with van der Waals surface area (Å²) < 4.78 is 31.6. The van der Waals surface area contributed by atoms with Crippen molar-refractivity contribution >= 4 is 27.9 Å². The van der Waals surface area contributed by atoms with E-state index < -0.39 is 21.6 Å². The quantitative estimate of drug-likeness (QED) is 0.583.